The van der Waals surface area contributed by atoms with E-state index in [-0.39, 0.29) is 0 Å². The summed E-state index contributed by atoms with van der Waals surface area (Å²) >= 11 is 0. The van der Waals surface area contributed by atoms with Gasteiger partial charge in [-0.1, -0.05) is 24.3 Å². The maximum absolute atomic E-state index is 5.36. The largest absolute Gasteiger partial charge is 0.497 e. The molecule has 2 aliphatic rings. The number of hydrogen-bond acceptors (Lipinski definition) is 4. The predicted molar refractivity (Wildman–Crippen MR) is 109 cm³/mol. The van der Waals surface area contributed by atoms with Crippen molar-refractivity contribution in [1.82, 2.24) is 5.32 Å². The summed E-state index contributed by atoms with van der Waals surface area (Å²) in [6.45, 7) is 0.726. The van der Waals surface area contributed by atoms with Crippen LogP contribution in [0.5, 0.6) is 11.5 Å². The van der Waals surface area contributed by atoms with Crippen molar-refractivity contribution in [2.75, 3.05) is 19.5 Å². The molecule has 0 amide bonds. The Morgan fingerprint density at radius 1 is 1.00 bits per heavy atom. The van der Waals surface area contributed by atoms with Crippen LogP contribution in [0.3, 0.4) is 0 Å². The lowest BCUT2D eigenvalue weighted by atomic mass is 10.00. The number of benzene rings is 2. The normalized spacial score (nSPS) is 15.1. The van der Waals surface area contributed by atoms with Crippen LogP contribution in [-0.4, -0.2) is 14.2 Å². The topological polar surface area (TPSA) is 42.5 Å². The molecule has 1 aliphatic heterocycles. The minimum absolute atomic E-state index is 0.726. The molecule has 4 rings (SSSR count). The summed E-state index contributed by atoms with van der Waals surface area (Å²) in [7, 11) is 3.34. The molecule has 138 valence electrons. The van der Waals surface area contributed by atoms with E-state index in [1.54, 1.807) is 14.2 Å². The van der Waals surface area contributed by atoms with Gasteiger partial charge in [0.25, 0.3) is 0 Å². The molecular weight excluding hydrogens is 336 g/mol. The molecule has 4 nitrogen and oxygen atoms in total. The fourth-order valence-corrected chi connectivity index (χ4v) is 3.46. The van der Waals surface area contributed by atoms with Crippen molar-refractivity contribution in [3.8, 4) is 11.5 Å². The van der Waals surface area contributed by atoms with Crippen LogP contribution in [0, 0.1) is 0 Å². The van der Waals surface area contributed by atoms with Crippen LogP contribution in [0.15, 0.2) is 77.7 Å². The van der Waals surface area contributed by atoms with Crippen molar-refractivity contribution in [3.05, 3.63) is 88.8 Å². The quantitative estimate of drug-likeness (QED) is 0.820. The van der Waals surface area contributed by atoms with Crippen molar-refractivity contribution >= 4 is 5.69 Å². The lowest BCUT2D eigenvalue weighted by Crippen LogP contribution is -2.17. The molecule has 4 heteroatoms. The second-order valence-electron chi connectivity index (χ2n) is 6.74. The van der Waals surface area contributed by atoms with Gasteiger partial charge < -0.3 is 20.1 Å². The van der Waals surface area contributed by atoms with Crippen LogP contribution < -0.4 is 20.1 Å². The fourth-order valence-electron chi connectivity index (χ4n) is 3.46. The number of nitrogens with one attached hydrogen (secondary N) is 2. The Balaban J connectivity index is 1.47. The molecule has 0 atom stereocenters. The van der Waals surface area contributed by atoms with Gasteiger partial charge in [-0.05, 0) is 53.5 Å². The number of anilines is 1. The van der Waals surface area contributed by atoms with E-state index in [1.165, 1.54) is 28.2 Å². The third-order valence-corrected chi connectivity index (χ3v) is 4.96. The first-order valence-electron chi connectivity index (χ1n) is 9.16. The average Bonchev–Trinajstić information content (AvgIpc) is 2.90. The summed E-state index contributed by atoms with van der Waals surface area (Å²) in [5.74, 6) is 1.61. The monoisotopic (exact) mass is 360 g/mol. The molecule has 0 fully saturated rings. The maximum atomic E-state index is 5.36. The van der Waals surface area contributed by atoms with Crippen molar-refractivity contribution in [1.29, 1.82) is 0 Å². The maximum Gasteiger partial charge on any atom is 0.122 e. The van der Waals surface area contributed by atoms with E-state index < -0.39 is 0 Å². The number of hydrogen-bond donors (Lipinski definition) is 2. The van der Waals surface area contributed by atoms with E-state index in [4.69, 9.17) is 9.47 Å². The van der Waals surface area contributed by atoms with Crippen molar-refractivity contribution < 1.29 is 9.47 Å². The number of fused-ring (bicyclic) bond motifs is 2. The Morgan fingerprint density at radius 2 is 1.78 bits per heavy atom. The molecule has 2 aromatic carbocycles. The van der Waals surface area contributed by atoms with Gasteiger partial charge in [-0.2, -0.15) is 0 Å². The van der Waals surface area contributed by atoms with Crippen molar-refractivity contribution in [3.63, 3.8) is 0 Å². The third kappa shape index (κ3) is 3.85. The van der Waals surface area contributed by atoms with Gasteiger partial charge in [0.05, 0.1) is 14.2 Å². The Hall–Kier alpha value is -3.14. The van der Waals surface area contributed by atoms with Crippen molar-refractivity contribution in [2.45, 2.75) is 19.4 Å². The average molecular weight is 360 g/mol. The van der Waals surface area contributed by atoms with Crippen LogP contribution in [0.4, 0.5) is 5.69 Å². The molecule has 0 unspecified atom stereocenters. The Kier molecular flexibility index (Phi) is 4.88. The molecule has 2 aromatic rings. The smallest absolute Gasteiger partial charge is 0.122 e. The van der Waals surface area contributed by atoms with E-state index in [0.717, 1.165) is 36.4 Å². The van der Waals surface area contributed by atoms with Crippen molar-refractivity contribution in [2.24, 2.45) is 0 Å². The molecular formula is C23H24N2O2. The van der Waals surface area contributed by atoms with Crippen LogP contribution >= 0.6 is 0 Å². The van der Waals surface area contributed by atoms with Gasteiger partial charge >= 0.3 is 0 Å². The summed E-state index contributed by atoms with van der Waals surface area (Å²) in [5.41, 5.74) is 7.39. The Labute approximate surface area is 160 Å². The number of para-hydroxylation sites is 1. The zero-order chi connectivity index (χ0) is 18.6. The van der Waals surface area contributed by atoms with Crippen LogP contribution in [0.2, 0.25) is 0 Å². The minimum atomic E-state index is 0.726. The summed E-state index contributed by atoms with van der Waals surface area (Å²) in [6, 6.07) is 14.4. The van der Waals surface area contributed by atoms with Crippen LogP contribution in [0.1, 0.15) is 17.5 Å². The van der Waals surface area contributed by atoms with Gasteiger partial charge in [-0.3, -0.25) is 0 Å². The zero-order valence-corrected chi connectivity index (χ0v) is 15.7. The molecule has 1 heterocycles. The predicted octanol–water partition coefficient (Wildman–Crippen LogP) is 4.56. The SMILES string of the molecule is COc1cc(CNC2=CC=C3Nc4ccccc4CC=C3C2)cc(OC)c1. The molecule has 1 aliphatic carbocycles. The Bertz CT molecular complexity index is 919. The first kappa shape index (κ1) is 17.3. The van der Waals surface area contributed by atoms with E-state index in [1.807, 2.05) is 18.2 Å². The van der Waals surface area contributed by atoms with Gasteiger partial charge in [0.15, 0.2) is 0 Å². The molecule has 0 spiro atoms. The molecule has 0 radical (unpaired) electrons. The highest BCUT2D eigenvalue weighted by Gasteiger charge is 2.16. The first-order chi connectivity index (χ1) is 13.2. The van der Waals surface area contributed by atoms with Crippen LogP contribution in [-0.2, 0) is 13.0 Å². The van der Waals surface area contributed by atoms with E-state index in [2.05, 4.69) is 53.1 Å². The second-order valence-corrected chi connectivity index (χ2v) is 6.74. The lowest BCUT2D eigenvalue weighted by molar-refractivity contribution is 0.393. The summed E-state index contributed by atoms with van der Waals surface area (Å²) in [4.78, 5) is 0. The number of allylic oxidation sites excluding steroid dienone is 5. The first-order valence-corrected chi connectivity index (χ1v) is 9.16. The molecule has 0 saturated carbocycles. The Morgan fingerprint density at radius 3 is 2.56 bits per heavy atom. The number of ether oxygens (including phenoxy) is 2. The summed E-state index contributed by atoms with van der Waals surface area (Å²) in [5, 5.41) is 7.13. The highest BCUT2D eigenvalue weighted by atomic mass is 16.5. The number of methoxy groups -OCH3 is 2. The van der Waals surface area contributed by atoms with E-state index in [0.29, 0.717) is 0 Å². The lowest BCUT2D eigenvalue weighted by Gasteiger charge is -2.20. The van der Waals surface area contributed by atoms with Gasteiger partial charge in [-0.15, -0.1) is 0 Å². The molecule has 0 aromatic heterocycles. The molecule has 0 bridgehead atoms. The summed E-state index contributed by atoms with van der Waals surface area (Å²) in [6.07, 6.45) is 8.50. The van der Waals surface area contributed by atoms with E-state index in [9.17, 15) is 0 Å². The number of rotatable bonds is 5. The molecule has 2 N–H and O–H groups in total. The van der Waals surface area contributed by atoms with Gasteiger partial charge in [0, 0.05) is 36.1 Å². The summed E-state index contributed by atoms with van der Waals surface area (Å²) < 4.78 is 10.7. The van der Waals surface area contributed by atoms with Gasteiger partial charge in [0.2, 0.25) is 0 Å². The van der Waals surface area contributed by atoms with Crippen LogP contribution in [0.25, 0.3) is 0 Å². The highest BCUT2D eigenvalue weighted by molar-refractivity contribution is 5.63. The minimum Gasteiger partial charge on any atom is -0.497 e. The zero-order valence-electron chi connectivity index (χ0n) is 15.7. The van der Waals surface area contributed by atoms with E-state index >= 15 is 0 Å². The fraction of sp³-hybridized carbons (Fsp3) is 0.217. The highest BCUT2D eigenvalue weighted by Crippen LogP contribution is 2.31. The standard InChI is InChI=1S/C23H24N2O2/c1-26-20-11-16(12-21(14-20)27-2)15-24-19-9-10-23-18(13-19)8-7-17-5-3-4-6-22(17)25-23/h3-6,8-12,14,24-25H,7,13,15H2,1-2H3. The molecule has 27 heavy (non-hydrogen) atoms. The second kappa shape index (κ2) is 7.62. The van der Waals surface area contributed by atoms with Gasteiger partial charge in [-0.25, -0.2) is 0 Å². The molecule has 0 saturated heterocycles. The third-order valence-electron chi connectivity index (χ3n) is 4.96. The van der Waals surface area contributed by atoms with Gasteiger partial charge in [0.1, 0.15) is 11.5 Å².